The lowest BCUT2D eigenvalue weighted by Gasteiger charge is -2.14. The second kappa shape index (κ2) is 9.21. The summed E-state index contributed by atoms with van der Waals surface area (Å²) in [6.45, 7) is -0.605. The second-order valence-electron chi connectivity index (χ2n) is 3.79. The maximum Gasteiger partial charge on any atom is 0.273 e. The van der Waals surface area contributed by atoms with E-state index in [4.69, 9.17) is 31.3 Å². The minimum atomic E-state index is -0.639. The molecule has 1 aromatic heterocycles. The number of aliphatic hydroxyl groups is 1. The number of aliphatic hydroxyl groups excluding tert-OH is 1. The minimum absolute atomic E-state index is 0.0576. The highest BCUT2D eigenvalue weighted by Crippen LogP contribution is 2.15. The molecular weight excluding hydrogens is 320 g/mol. The third-order valence-corrected chi connectivity index (χ3v) is 2.37. The smallest absolute Gasteiger partial charge is 0.273 e. The first-order valence-corrected chi connectivity index (χ1v) is 6.32. The van der Waals surface area contributed by atoms with Crippen LogP contribution in [0.1, 0.15) is 11.5 Å². The molecule has 0 saturated carbocycles. The number of primary amides is 1. The number of carbonyl (C=O) groups is 1. The van der Waals surface area contributed by atoms with Gasteiger partial charge in [0.2, 0.25) is 11.2 Å². The summed E-state index contributed by atoms with van der Waals surface area (Å²) in [5, 5.41) is 17.9. The number of rotatable bonds is 3. The quantitative estimate of drug-likeness (QED) is 0.455. The fourth-order valence-corrected chi connectivity index (χ4v) is 1.08. The topological polar surface area (TPSA) is 126 Å². The van der Waals surface area contributed by atoms with Crippen molar-refractivity contribution in [2.75, 3.05) is 14.1 Å². The molecule has 118 valence electrons. The van der Waals surface area contributed by atoms with Crippen LogP contribution in [0.5, 0.6) is 5.75 Å². The van der Waals surface area contributed by atoms with Crippen LogP contribution >= 0.6 is 24.8 Å². The molecule has 0 aromatic carbocycles. The first-order chi connectivity index (χ1) is 9.68. The summed E-state index contributed by atoms with van der Waals surface area (Å²) in [4.78, 5) is 21.9. The van der Waals surface area contributed by atoms with E-state index in [-0.39, 0.29) is 23.3 Å². The van der Waals surface area contributed by atoms with Gasteiger partial charge < -0.3 is 30.0 Å². The molecule has 0 saturated heterocycles. The van der Waals surface area contributed by atoms with Crippen LogP contribution in [0.15, 0.2) is 15.3 Å². The average Bonchev–Trinajstić information content (AvgIpc) is 2.39. The van der Waals surface area contributed by atoms with Crippen molar-refractivity contribution in [1.82, 2.24) is 4.90 Å². The first-order valence-electron chi connectivity index (χ1n) is 5.47. The molecule has 0 radical (unpaired) electrons. The van der Waals surface area contributed by atoms with E-state index in [0.717, 1.165) is 6.07 Å². The zero-order valence-corrected chi connectivity index (χ0v) is 13.1. The molecule has 10 heteroatoms. The summed E-state index contributed by atoms with van der Waals surface area (Å²) < 4.78 is 10.2. The molecule has 0 aliphatic rings. The Morgan fingerprint density at radius 1 is 1.57 bits per heavy atom. The lowest BCUT2D eigenvalue weighted by Crippen LogP contribution is -2.22. The Morgan fingerprint density at radius 2 is 2.10 bits per heavy atom. The molecule has 0 bridgehead atoms. The number of hydrogen-bond donors (Lipinski definition) is 4. The van der Waals surface area contributed by atoms with E-state index >= 15 is 0 Å². The number of hydrogen-bond acceptors (Lipinski definition) is 7. The van der Waals surface area contributed by atoms with E-state index < -0.39 is 23.0 Å². The fourth-order valence-electron chi connectivity index (χ4n) is 1.02. The summed E-state index contributed by atoms with van der Waals surface area (Å²) in [5.41, 5.74) is 3.71. The molecule has 0 unspecified atom stereocenters. The number of carbonyl (C=O) groups excluding carboxylic acids is 1. The van der Waals surface area contributed by atoms with Crippen molar-refractivity contribution in [3.05, 3.63) is 27.8 Å². The van der Waals surface area contributed by atoms with Gasteiger partial charge in [0.15, 0.2) is 12.4 Å². The molecule has 1 aromatic rings. The number of ether oxygens (including phenoxy) is 1. The van der Waals surface area contributed by atoms with Crippen LogP contribution in [0.3, 0.4) is 0 Å². The molecule has 0 aliphatic carbocycles. The SMILES string of the molecule is CN(C)C(=S)OCc1oc(CO)cc(=O)c1O.NC(=O)S. The molecule has 0 fully saturated rings. The largest absolute Gasteiger partial charge is 0.502 e. The highest BCUT2D eigenvalue weighted by molar-refractivity contribution is 7.96. The van der Waals surface area contributed by atoms with Crippen LogP contribution in [0.4, 0.5) is 4.79 Å². The molecule has 1 heterocycles. The summed E-state index contributed by atoms with van der Waals surface area (Å²) >= 11 is 7.97. The molecule has 1 amide bonds. The maximum absolute atomic E-state index is 11.3. The van der Waals surface area contributed by atoms with Crippen molar-refractivity contribution in [3.8, 4) is 5.75 Å². The minimum Gasteiger partial charge on any atom is -0.502 e. The van der Waals surface area contributed by atoms with Crippen molar-refractivity contribution in [3.63, 3.8) is 0 Å². The van der Waals surface area contributed by atoms with E-state index in [1.165, 1.54) is 0 Å². The van der Waals surface area contributed by atoms with Gasteiger partial charge in [-0.1, -0.05) is 12.6 Å². The summed E-state index contributed by atoms with van der Waals surface area (Å²) in [6, 6.07) is 1.02. The molecule has 1 rings (SSSR count). The van der Waals surface area contributed by atoms with Crippen molar-refractivity contribution < 1.29 is 24.2 Å². The first kappa shape index (κ1) is 19.2. The van der Waals surface area contributed by atoms with E-state index in [1.54, 1.807) is 19.0 Å². The fraction of sp³-hybridized carbons (Fsp3) is 0.364. The van der Waals surface area contributed by atoms with Gasteiger partial charge in [0.1, 0.15) is 12.4 Å². The number of aromatic hydroxyl groups is 1. The number of amides is 1. The van der Waals surface area contributed by atoms with Crippen LogP contribution in [0, 0.1) is 0 Å². The van der Waals surface area contributed by atoms with Gasteiger partial charge in [0.05, 0.1) is 0 Å². The van der Waals surface area contributed by atoms with Gasteiger partial charge in [-0.2, -0.15) is 0 Å². The molecule has 0 spiro atoms. The highest BCUT2D eigenvalue weighted by atomic mass is 32.1. The van der Waals surface area contributed by atoms with E-state index in [1.807, 2.05) is 0 Å². The number of nitrogens with zero attached hydrogens (tertiary/aromatic N) is 1. The van der Waals surface area contributed by atoms with E-state index in [9.17, 15) is 9.90 Å². The van der Waals surface area contributed by atoms with Crippen molar-refractivity contribution >= 4 is 35.3 Å². The second-order valence-corrected chi connectivity index (χ2v) is 4.58. The predicted molar refractivity (Wildman–Crippen MR) is 82.2 cm³/mol. The van der Waals surface area contributed by atoms with Crippen molar-refractivity contribution in [1.29, 1.82) is 0 Å². The van der Waals surface area contributed by atoms with Crippen LogP contribution in [-0.4, -0.2) is 39.6 Å². The van der Waals surface area contributed by atoms with Gasteiger partial charge in [0.25, 0.3) is 10.4 Å². The summed E-state index contributed by atoms with van der Waals surface area (Å²) in [7, 11) is 3.39. The van der Waals surface area contributed by atoms with Crippen LogP contribution < -0.4 is 11.2 Å². The highest BCUT2D eigenvalue weighted by Gasteiger charge is 2.12. The molecular formula is C11H16N2O6S2. The van der Waals surface area contributed by atoms with Gasteiger partial charge in [-0.25, -0.2) is 0 Å². The third kappa shape index (κ3) is 7.54. The standard InChI is InChI=1S/C10H13NO5S.CH3NOS/c1-11(2)10(17)15-5-8-9(14)7(13)3-6(4-12)16-8;2-1(3)4/h3,12,14H,4-5H2,1-2H3;(H3,2,3,4). The Labute approximate surface area is 131 Å². The molecule has 4 N–H and O–H groups in total. The maximum atomic E-state index is 11.3. The summed E-state index contributed by atoms with van der Waals surface area (Å²) in [5.74, 6) is -0.545. The van der Waals surface area contributed by atoms with Gasteiger partial charge in [-0.05, 0) is 12.2 Å². The summed E-state index contributed by atoms with van der Waals surface area (Å²) in [6.07, 6.45) is 0. The van der Waals surface area contributed by atoms with Crippen molar-refractivity contribution in [2.24, 2.45) is 5.73 Å². The number of thiocarbonyl (C=S) groups is 1. The Kier molecular flexibility index (Phi) is 8.43. The predicted octanol–water partition coefficient (Wildman–Crippen LogP) is 0.196. The van der Waals surface area contributed by atoms with Gasteiger partial charge in [0, 0.05) is 20.2 Å². The Balaban J connectivity index is 0.000000885. The number of nitrogens with two attached hydrogens (primary N) is 1. The van der Waals surface area contributed by atoms with Crippen LogP contribution in [0.25, 0.3) is 0 Å². The van der Waals surface area contributed by atoms with Gasteiger partial charge in [-0.15, -0.1) is 0 Å². The molecule has 21 heavy (non-hydrogen) atoms. The lowest BCUT2D eigenvalue weighted by molar-refractivity contribution is 0.195. The zero-order chi connectivity index (χ0) is 16.6. The zero-order valence-electron chi connectivity index (χ0n) is 11.4. The van der Waals surface area contributed by atoms with E-state index in [2.05, 4.69) is 18.4 Å². The van der Waals surface area contributed by atoms with E-state index in [0.29, 0.717) is 0 Å². The average molecular weight is 336 g/mol. The normalized spacial score (nSPS) is 9.33. The van der Waals surface area contributed by atoms with Crippen LogP contribution in [-0.2, 0) is 18.0 Å². The van der Waals surface area contributed by atoms with Gasteiger partial charge in [-0.3, -0.25) is 9.59 Å². The van der Waals surface area contributed by atoms with Crippen LogP contribution in [0.2, 0.25) is 0 Å². The Morgan fingerprint density at radius 3 is 2.52 bits per heavy atom. The van der Waals surface area contributed by atoms with Crippen molar-refractivity contribution in [2.45, 2.75) is 13.2 Å². The Bertz CT molecular complexity index is 554. The van der Waals surface area contributed by atoms with Gasteiger partial charge >= 0.3 is 0 Å². The number of thiol groups is 1. The lowest BCUT2D eigenvalue weighted by atomic mass is 10.3. The third-order valence-electron chi connectivity index (χ3n) is 1.89. The molecule has 8 nitrogen and oxygen atoms in total. The molecule has 0 aliphatic heterocycles. The molecule has 0 atom stereocenters. The Hall–Kier alpha value is -1.78. The monoisotopic (exact) mass is 336 g/mol.